The van der Waals surface area contributed by atoms with E-state index in [0.717, 1.165) is 71.1 Å². The van der Waals surface area contributed by atoms with E-state index in [9.17, 15) is 0 Å². The molecule has 0 radical (unpaired) electrons. The Labute approximate surface area is 321 Å². The van der Waals surface area contributed by atoms with Crippen molar-refractivity contribution in [2.75, 3.05) is 54.4 Å². The molecule has 9 heterocycles. The Morgan fingerprint density at radius 1 is 0.472 bits per heavy atom. The molecular formula is C44H42ClN7S. The molecule has 9 heteroatoms. The molecule has 6 aliphatic rings. The molecule has 0 aliphatic carbocycles. The van der Waals surface area contributed by atoms with Crippen LogP contribution >= 0.6 is 23.7 Å². The van der Waals surface area contributed by atoms with E-state index in [1.54, 1.807) is 0 Å². The minimum atomic E-state index is 0. The first kappa shape index (κ1) is 34.5. The molecule has 266 valence electrons. The Morgan fingerprint density at radius 3 is 1.13 bits per heavy atom. The predicted octanol–water partition coefficient (Wildman–Crippen LogP) is 9.18. The van der Waals surface area contributed by atoms with Gasteiger partial charge in [0, 0.05) is 97.1 Å². The number of nitrogens with one attached hydrogen (secondary N) is 1. The number of halogens is 1. The van der Waals surface area contributed by atoms with Crippen LogP contribution in [0.4, 0.5) is 0 Å². The van der Waals surface area contributed by atoms with E-state index in [4.69, 9.17) is 9.97 Å². The van der Waals surface area contributed by atoms with Crippen LogP contribution in [0.25, 0.3) is 67.0 Å². The molecule has 0 unspecified atom stereocenters. The van der Waals surface area contributed by atoms with E-state index >= 15 is 0 Å². The molecule has 0 atom stereocenters. The summed E-state index contributed by atoms with van der Waals surface area (Å²) in [4.78, 5) is 23.8. The van der Waals surface area contributed by atoms with Crippen molar-refractivity contribution in [2.24, 2.45) is 0 Å². The Hall–Kier alpha value is -5.57. The van der Waals surface area contributed by atoms with E-state index in [1.165, 1.54) is 42.8 Å². The minimum Gasteiger partial charge on any atom is -0.376 e. The fraction of sp³-hybridized carbons (Fsp3) is 0.182. The third-order valence-electron chi connectivity index (χ3n) is 10.1. The molecule has 0 amide bonds. The van der Waals surface area contributed by atoms with E-state index in [0.29, 0.717) is 0 Å². The molecule has 53 heavy (non-hydrogen) atoms. The molecular weight excluding hydrogens is 694 g/mol. The summed E-state index contributed by atoms with van der Waals surface area (Å²) in [5.41, 5.74) is 15.5. The number of thiophene rings is 1. The van der Waals surface area contributed by atoms with Crippen LogP contribution in [0.2, 0.25) is 0 Å². The van der Waals surface area contributed by atoms with Gasteiger partial charge in [-0.1, -0.05) is 24.3 Å². The van der Waals surface area contributed by atoms with Gasteiger partial charge >= 0.3 is 0 Å². The van der Waals surface area contributed by atoms with Gasteiger partial charge in [-0.25, -0.2) is 9.97 Å². The van der Waals surface area contributed by atoms with Gasteiger partial charge in [-0.15, -0.1) is 23.7 Å². The Bertz CT molecular complexity index is 2160. The molecule has 0 aromatic carbocycles. The van der Waals surface area contributed by atoms with Gasteiger partial charge in [0.2, 0.25) is 0 Å². The fourth-order valence-electron chi connectivity index (χ4n) is 7.79. The number of allylic oxidation sites excluding steroid dienone is 8. The molecule has 8 bridgehead atoms. The number of likely N-dealkylation sites (N-methyl/N-ethyl adjacent to an activating group) is 4. The highest BCUT2D eigenvalue weighted by molar-refractivity contribution is 7.24. The number of aromatic nitrogens is 3. The van der Waals surface area contributed by atoms with Crippen molar-refractivity contribution >= 4 is 90.8 Å². The van der Waals surface area contributed by atoms with Crippen LogP contribution in [0.5, 0.6) is 0 Å². The number of hydrogen-bond acceptors (Lipinski definition) is 7. The molecule has 3 aromatic rings. The number of fused-ring (bicyclic) bond motifs is 8. The maximum atomic E-state index is 5.48. The SMILES string of the molecule is CN1C=CC=C(c2c3nc(c(C4=CC=CN(C)C4)c4ccc(s4)c(C4=CC=CN(C)C4)c4nc(c(C5=CC=CN(C)C5)c5ccc2[nH]5)C=C4)C=C3)C1.Cl. The average Bonchev–Trinajstić information content (AvgIpc) is 3.96. The van der Waals surface area contributed by atoms with E-state index in [-0.39, 0.29) is 12.4 Å². The van der Waals surface area contributed by atoms with E-state index < -0.39 is 0 Å². The van der Waals surface area contributed by atoms with E-state index in [1.807, 2.05) is 11.3 Å². The summed E-state index contributed by atoms with van der Waals surface area (Å²) in [6.45, 7) is 3.20. The molecule has 1 N–H and O–H groups in total. The highest BCUT2D eigenvalue weighted by atomic mass is 35.5. The first-order valence-corrected chi connectivity index (χ1v) is 18.6. The van der Waals surface area contributed by atoms with Crippen molar-refractivity contribution in [1.29, 1.82) is 0 Å². The van der Waals surface area contributed by atoms with Crippen LogP contribution < -0.4 is 0 Å². The van der Waals surface area contributed by atoms with Gasteiger partial charge in [-0.3, -0.25) is 0 Å². The van der Waals surface area contributed by atoms with Gasteiger partial charge in [0.1, 0.15) is 0 Å². The molecule has 9 rings (SSSR count). The quantitative estimate of drug-likeness (QED) is 0.199. The van der Waals surface area contributed by atoms with Crippen molar-refractivity contribution < 1.29 is 0 Å². The lowest BCUT2D eigenvalue weighted by Crippen LogP contribution is -2.17. The Morgan fingerprint density at radius 2 is 0.792 bits per heavy atom. The van der Waals surface area contributed by atoms with Crippen molar-refractivity contribution in [3.8, 4) is 0 Å². The van der Waals surface area contributed by atoms with Gasteiger partial charge in [0.05, 0.1) is 22.8 Å². The number of nitrogens with zero attached hydrogens (tertiary/aromatic N) is 6. The van der Waals surface area contributed by atoms with Crippen LogP contribution in [0.15, 0.2) is 97.7 Å². The van der Waals surface area contributed by atoms with Crippen molar-refractivity contribution in [1.82, 2.24) is 34.6 Å². The summed E-state index contributed by atoms with van der Waals surface area (Å²) in [5.74, 6) is 0. The Balaban J connectivity index is 0.00000400. The second kappa shape index (κ2) is 14.1. The summed E-state index contributed by atoms with van der Waals surface area (Å²) >= 11 is 1.83. The highest BCUT2D eigenvalue weighted by Gasteiger charge is 2.23. The largest absolute Gasteiger partial charge is 0.376 e. The molecule has 7 nitrogen and oxygen atoms in total. The maximum absolute atomic E-state index is 5.48. The van der Waals surface area contributed by atoms with Gasteiger partial charge in [-0.2, -0.15) is 0 Å². The molecule has 0 fully saturated rings. The van der Waals surface area contributed by atoms with Gasteiger partial charge < -0.3 is 24.6 Å². The van der Waals surface area contributed by atoms with Gasteiger partial charge in [0.25, 0.3) is 0 Å². The lowest BCUT2D eigenvalue weighted by molar-refractivity contribution is 0.512. The lowest BCUT2D eigenvalue weighted by Gasteiger charge is -2.21. The van der Waals surface area contributed by atoms with Crippen LogP contribution in [0.3, 0.4) is 0 Å². The standard InChI is InChI=1S/C44H41N7S.ClH/c1-48-21-5-9-29(25-48)41-33-13-14-34(45-33)42(30-10-6-22-49(2)26-30)36-16-18-38(47-36)44(32-12-8-24-51(4)28-32)40-20-19-39(52-40)43(37-17-15-35(41)46-37)31-11-7-23-50(3)27-31;/h5-24,45H,25-28H2,1-4H3;1H. The first-order valence-electron chi connectivity index (χ1n) is 17.8. The molecule has 0 saturated carbocycles. The average molecular weight is 736 g/mol. The number of aromatic amines is 1. The second-order valence-electron chi connectivity index (χ2n) is 14.2. The number of hydrogen-bond donors (Lipinski definition) is 1. The first-order chi connectivity index (χ1) is 25.4. The van der Waals surface area contributed by atoms with Gasteiger partial charge in [-0.05, 0) is 120 Å². The summed E-state index contributed by atoms with van der Waals surface area (Å²) in [6.07, 6.45) is 34.8. The third-order valence-corrected chi connectivity index (χ3v) is 11.3. The summed E-state index contributed by atoms with van der Waals surface area (Å²) in [6, 6.07) is 9.00. The monoisotopic (exact) mass is 735 g/mol. The van der Waals surface area contributed by atoms with Crippen LogP contribution in [-0.2, 0) is 0 Å². The van der Waals surface area contributed by atoms with E-state index in [2.05, 4.69) is 175 Å². The zero-order chi connectivity index (χ0) is 35.3. The predicted molar refractivity (Wildman–Crippen MR) is 229 cm³/mol. The fourth-order valence-corrected chi connectivity index (χ4v) is 8.98. The van der Waals surface area contributed by atoms with Crippen LogP contribution in [0.1, 0.15) is 45.0 Å². The molecule has 0 spiro atoms. The smallest absolute Gasteiger partial charge is 0.0734 e. The van der Waals surface area contributed by atoms with Crippen molar-refractivity contribution in [2.45, 2.75) is 0 Å². The lowest BCUT2D eigenvalue weighted by atomic mass is 10.0. The zero-order valence-electron chi connectivity index (χ0n) is 30.4. The zero-order valence-corrected chi connectivity index (χ0v) is 32.0. The van der Waals surface area contributed by atoms with Crippen molar-refractivity contribution in [3.63, 3.8) is 0 Å². The summed E-state index contributed by atoms with van der Waals surface area (Å²) in [5, 5.41) is 0. The minimum absolute atomic E-state index is 0. The highest BCUT2D eigenvalue weighted by Crippen LogP contribution is 2.39. The summed E-state index contributed by atoms with van der Waals surface area (Å²) in [7, 11) is 8.50. The molecule has 6 aliphatic heterocycles. The second-order valence-corrected chi connectivity index (χ2v) is 15.3. The van der Waals surface area contributed by atoms with Crippen LogP contribution in [-0.4, -0.2) is 88.9 Å². The van der Waals surface area contributed by atoms with Gasteiger partial charge in [0.15, 0.2) is 0 Å². The Kier molecular flexibility index (Phi) is 9.18. The van der Waals surface area contributed by atoms with Crippen molar-refractivity contribution in [3.05, 3.63) is 143 Å². The third kappa shape index (κ3) is 6.53. The normalized spacial score (nSPS) is 17.6. The topological polar surface area (TPSA) is 54.5 Å². The summed E-state index contributed by atoms with van der Waals surface area (Å²) < 4.78 is 2.40. The van der Waals surface area contributed by atoms with Crippen LogP contribution in [0, 0.1) is 0 Å². The molecule has 3 aromatic heterocycles. The molecule has 0 saturated heterocycles. The maximum Gasteiger partial charge on any atom is 0.0734 e. The number of rotatable bonds is 4. The number of H-pyrrole nitrogens is 1.